The van der Waals surface area contributed by atoms with Crippen LogP contribution in [0.5, 0.6) is 0 Å². The number of aromatic nitrogens is 1. The van der Waals surface area contributed by atoms with Crippen LogP contribution in [0.2, 0.25) is 0 Å². The second-order valence-corrected chi connectivity index (χ2v) is 5.51. The van der Waals surface area contributed by atoms with E-state index >= 15 is 0 Å². The maximum absolute atomic E-state index is 13.2. The number of piperazine rings is 1. The number of hydrogen-bond acceptors (Lipinski definition) is 3. The Balaban J connectivity index is 1.72. The summed E-state index contributed by atoms with van der Waals surface area (Å²) in [7, 11) is 0. The summed E-state index contributed by atoms with van der Waals surface area (Å²) in [5.41, 5.74) is 3.97. The number of benzene rings is 1. The van der Waals surface area contributed by atoms with Crippen LogP contribution in [0.15, 0.2) is 36.4 Å². The van der Waals surface area contributed by atoms with E-state index in [0.29, 0.717) is 0 Å². The van der Waals surface area contributed by atoms with Gasteiger partial charge in [-0.25, -0.2) is 4.98 Å². The molecule has 0 unspecified atom stereocenters. The van der Waals surface area contributed by atoms with Gasteiger partial charge in [-0.05, 0) is 43.2 Å². The molecule has 21 heavy (non-hydrogen) atoms. The highest BCUT2D eigenvalue weighted by atomic mass is 19.1. The Morgan fingerprint density at radius 2 is 1.57 bits per heavy atom. The first-order chi connectivity index (χ1) is 10.1. The zero-order valence-corrected chi connectivity index (χ0v) is 12.5. The van der Waals surface area contributed by atoms with Gasteiger partial charge in [0.2, 0.25) is 5.95 Å². The van der Waals surface area contributed by atoms with Gasteiger partial charge in [-0.15, -0.1) is 0 Å². The third-order valence-electron chi connectivity index (χ3n) is 4.22. The highest BCUT2D eigenvalue weighted by Gasteiger charge is 2.19. The monoisotopic (exact) mass is 285 g/mol. The molecule has 1 aliphatic rings. The standard InChI is InChI=1S/C17H20FN3/c1-13-5-3-6-15(14(13)2)20-9-11-21(12-10-20)17-8-4-7-16(18)19-17/h3-8H,9-12H2,1-2H3. The van der Waals surface area contributed by atoms with Crippen molar-refractivity contribution in [2.24, 2.45) is 0 Å². The van der Waals surface area contributed by atoms with E-state index in [9.17, 15) is 4.39 Å². The second kappa shape index (κ2) is 5.72. The third kappa shape index (κ3) is 2.84. The molecule has 1 fully saturated rings. The molecule has 0 spiro atoms. The molecule has 0 bridgehead atoms. The Labute approximate surface area is 125 Å². The molecule has 2 aromatic rings. The summed E-state index contributed by atoms with van der Waals surface area (Å²) in [5.74, 6) is 0.320. The summed E-state index contributed by atoms with van der Waals surface area (Å²) in [5, 5.41) is 0. The number of anilines is 2. The minimum Gasteiger partial charge on any atom is -0.368 e. The molecule has 0 radical (unpaired) electrons. The smallest absolute Gasteiger partial charge is 0.214 e. The van der Waals surface area contributed by atoms with E-state index in [-0.39, 0.29) is 0 Å². The molecule has 0 saturated carbocycles. The lowest BCUT2D eigenvalue weighted by Gasteiger charge is -2.37. The molecular formula is C17H20FN3. The number of hydrogen-bond donors (Lipinski definition) is 0. The van der Waals surface area contributed by atoms with Crippen molar-refractivity contribution in [3.63, 3.8) is 0 Å². The predicted molar refractivity (Wildman–Crippen MR) is 84.5 cm³/mol. The fourth-order valence-corrected chi connectivity index (χ4v) is 2.83. The molecule has 1 aliphatic heterocycles. The molecule has 3 nitrogen and oxygen atoms in total. The molecular weight excluding hydrogens is 265 g/mol. The van der Waals surface area contributed by atoms with Crippen LogP contribution in [0.25, 0.3) is 0 Å². The van der Waals surface area contributed by atoms with Gasteiger partial charge in [0.05, 0.1) is 0 Å². The molecule has 1 aromatic carbocycles. The zero-order valence-electron chi connectivity index (χ0n) is 12.5. The van der Waals surface area contributed by atoms with Gasteiger partial charge < -0.3 is 9.80 Å². The minimum absolute atomic E-state index is 0.413. The van der Waals surface area contributed by atoms with Crippen molar-refractivity contribution in [1.29, 1.82) is 0 Å². The predicted octanol–water partition coefficient (Wildman–Crippen LogP) is 3.16. The van der Waals surface area contributed by atoms with Gasteiger partial charge in [-0.2, -0.15) is 4.39 Å². The zero-order chi connectivity index (χ0) is 14.8. The summed E-state index contributed by atoms with van der Waals surface area (Å²) in [4.78, 5) is 8.51. The lowest BCUT2D eigenvalue weighted by molar-refractivity contribution is 0.575. The summed E-state index contributed by atoms with van der Waals surface area (Å²) >= 11 is 0. The molecule has 0 aliphatic carbocycles. The maximum Gasteiger partial charge on any atom is 0.214 e. The number of nitrogens with zero attached hydrogens (tertiary/aromatic N) is 3. The third-order valence-corrected chi connectivity index (χ3v) is 4.22. The van der Waals surface area contributed by atoms with E-state index in [2.05, 4.69) is 46.8 Å². The Kier molecular flexibility index (Phi) is 3.78. The Morgan fingerprint density at radius 3 is 2.29 bits per heavy atom. The molecule has 0 atom stereocenters. The van der Waals surface area contributed by atoms with Gasteiger partial charge in [0.25, 0.3) is 0 Å². The van der Waals surface area contributed by atoms with Gasteiger partial charge in [0, 0.05) is 31.9 Å². The molecule has 1 aromatic heterocycles. The van der Waals surface area contributed by atoms with Crippen LogP contribution in [0.1, 0.15) is 11.1 Å². The van der Waals surface area contributed by atoms with E-state index in [4.69, 9.17) is 0 Å². The lowest BCUT2D eigenvalue weighted by Crippen LogP contribution is -2.47. The topological polar surface area (TPSA) is 19.4 Å². The van der Waals surface area contributed by atoms with E-state index < -0.39 is 5.95 Å². The second-order valence-electron chi connectivity index (χ2n) is 5.51. The van der Waals surface area contributed by atoms with Crippen LogP contribution in [0.3, 0.4) is 0 Å². The van der Waals surface area contributed by atoms with Gasteiger partial charge in [-0.3, -0.25) is 0 Å². The van der Waals surface area contributed by atoms with Crippen molar-refractivity contribution in [2.45, 2.75) is 13.8 Å². The highest BCUT2D eigenvalue weighted by Crippen LogP contribution is 2.24. The summed E-state index contributed by atoms with van der Waals surface area (Å²) in [6.07, 6.45) is 0. The quantitative estimate of drug-likeness (QED) is 0.790. The van der Waals surface area contributed by atoms with Gasteiger partial charge in [0.15, 0.2) is 0 Å². The maximum atomic E-state index is 13.2. The largest absolute Gasteiger partial charge is 0.368 e. The normalized spacial score (nSPS) is 15.4. The summed E-state index contributed by atoms with van der Waals surface area (Å²) in [6.45, 7) is 7.91. The van der Waals surface area contributed by atoms with Crippen LogP contribution >= 0.6 is 0 Å². The van der Waals surface area contributed by atoms with Crippen molar-refractivity contribution in [3.05, 3.63) is 53.5 Å². The Hall–Kier alpha value is -2.10. The van der Waals surface area contributed by atoms with Crippen molar-refractivity contribution < 1.29 is 4.39 Å². The van der Waals surface area contributed by atoms with Crippen LogP contribution < -0.4 is 9.80 Å². The lowest BCUT2D eigenvalue weighted by atomic mass is 10.1. The van der Waals surface area contributed by atoms with Crippen molar-refractivity contribution in [1.82, 2.24) is 4.98 Å². The van der Waals surface area contributed by atoms with E-state index in [1.807, 2.05) is 6.07 Å². The van der Waals surface area contributed by atoms with Gasteiger partial charge in [0.1, 0.15) is 5.82 Å². The minimum atomic E-state index is -0.413. The van der Waals surface area contributed by atoms with E-state index in [1.165, 1.54) is 22.9 Å². The van der Waals surface area contributed by atoms with Crippen LogP contribution in [0, 0.1) is 19.8 Å². The average Bonchev–Trinajstić information content (AvgIpc) is 2.50. The first-order valence-corrected chi connectivity index (χ1v) is 7.34. The molecule has 2 heterocycles. The van der Waals surface area contributed by atoms with E-state index in [1.54, 1.807) is 6.07 Å². The molecule has 3 rings (SSSR count). The summed E-state index contributed by atoms with van der Waals surface area (Å²) < 4.78 is 13.2. The summed E-state index contributed by atoms with van der Waals surface area (Å²) in [6, 6.07) is 11.4. The molecule has 4 heteroatoms. The molecule has 0 N–H and O–H groups in total. The number of pyridine rings is 1. The van der Waals surface area contributed by atoms with Crippen LogP contribution in [0.4, 0.5) is 15.9 Å². The number of halogens is 1. The molecule has 110 valence electrons. The fourth-order valence-electron chi connectivity index (χ4n) is 2.83. The van der Waals surface area contributed by atoms with Crippen LogP contribution in [-0.2, 0) is 0 Å². The van der Waals surface area contributed by atoms with Gasteiger partial charge >= 0.3 is 0 Å². The number of aryl methyl sites for hydroxylation is 1. The van der Waals surface area contributed by atoms with E-state index in [0.717, 1.165) is 32.0 Å². The first-order valence-electron chi connectivity index (χ1n) is 7.34. The number of rotatable bonds is 2. The van der Waals surface area contributed by atoms with Crippen molar-refractivity contribution in [3.8, 4) is 0 Å². The van der Waals surface area contributed by atoms with Crippen LogP contribution in [-0.4, -0.2) is 31.2 Å². The molecule has 0 amide bonds. The van der Waals surface area contributed by atoms with Crippen molar-refractivity contribution in [2.75, 3.05) is 36.0 Å². The average molecular weight is 285 g/mol. The fraction of sp³-hybridized carbons (Fsp3) is 0.353. The van der Waals surface area contributed by atoms with Gasteiger partial charge in [-0.1, -0.05) is 18.2 Å². The SMILES string of the molecule is Cc1cccc(N2CCN(c3cccc(F)n3)CC2)c1C. The Morgan fingerprint density at radius 1 is 0.905 bits per heavy atom. The highest BCUT2D eigenvalue weighted by molar-refractivity contribution is 5.57. The molecule has 1 saturated heterocycles. The van der Waals surface area contributed by atoms with Crippen molar-refractivity contribution >= 4 is 11.5 Å². The Bertz CT molecular complexity index is 634. The first kappa shape index (κ1) is 13.9.